The lowest BCUT2D eigenvalue weighted by atomic mass is 10.1. The van der Waals surface area contributed by atoms with Gasteiger partial charge in [-0.15, -0.1) is 0 Å². The summed E-state index contributed by atoms with van der Waals surface area (Å²) in [6.45, 7) is 6.55. The van der Waals surface area contributed by atoms with Crippen molar-refractivity contribution in [3.8, 4) is 11.8 Å². The Hall–Kier alpha value is -1.53. The first-order valence-electron chi connectivity index (χ1n) is 6.51. The van der Waals surface area contributed by atoms with E-state index < -0.39 is 0 Å². The van der Waals surface area contributed by atoms with Gasteiger partial charge in [-0.25, -0.2) is 0 Å². The molecule has 1 aromatic carbocycles. The quantitative estimate of drug-likeness (QED) is 0.717. The Labute approximate surface area is 110 Å². The van der Waals surface area contributed by atoms with Crippen LogP contribution in [0, 0.1) is 17.2 Å². The van der Waals surface area contributed by atoms with Crippen molar-refractivity contribution in [3.05, 3.63) is 29.8 Å². The highest BCUT2D eigenvalue weighted by Crippen LogP contribution is 2.11. The Morgan fingerprint density at radius 3 is 2.61 bits per heavy atom. The summed E-state index contributed by atoms with van der Waals surface area (Å²) < 4.78 is 5.20. The Bertz CT molecular complexity index is 365. The third-order valence-electron chi connectivity index (χ3n) is 2.69. The molecule has 0 radical (unpaired) electrons. The minimum absolute atomic E-state index is 0.104. The molecular weight excluding hydrogens is 224 g/mol. The molecule has 0 unspecified atom stereocenters. The Morgan fingerprint density at radius 1 is 1.28 bits per heavy atom. The van der Waals surface area contributed by atoms with Gasteiger partial charge in [0.2, 0.25) is 0 Å². The highest BCUT2D eigenvalue weighted by atomic mass is 16.5. The highest BCUT2D eigenvalue weighted by Gasteiger charge is 1.96. The Morgan fingerprint density at radius 2 is 2.00 bits per heavy atom. The Balaban J connectivity index is 2.21. The first-order valence-corrected chi connectivity index (χ1v) is 6.51. The topological polar surface area (TPSA) is 45.0 Å². The fraction of sp³-hybridized carbons (Fsp3) is 0.533. The summed E-state index contributed by atoms with van der Waals surface area (Å²) >= 11 is 0. The van der Waals surface area contributed by atoms with Gasteiger partial charge in [-0.1, -0.05) is 26.0 Å². The number of rotatable bonds is 8. The standard InChI is InChI=1S/C15H22N2O/c1-13(2)4-3-10-17-12-14-5-7-15(8-6-14)18-11-9-16/h5-8,13,17H,3-4,10-12H2,1-2H3. The van der Waals surface area contributed by atoms with E-state index in [2.05, 4.69) is 19.2 Å². The van der Waals surface area contributed by atoms with Crippen molar-refractivity contribution in [2.75, 3.05) is 13.2 Å². The second-order valence-electron chi connectivity index (χ2n) is 4.80. The van der Waals surface area contributed by atoms with Gasteiger partial charge in [-0.2, -0.15) is 5.26 Å². The summed E-state index contributed by atoms with van der Waals surface area (Å²) in [6, 6.07) is 9.82. The van der Waals surface area contributed by atoms with Crippen LogP contribution in [0.1, 0.15) is 32.3 Å². The lowest BCUT2D eigenvalue weighted by Crippen LogP contribution is -2.15. The molecule has 1 aromatic rings. The van der Waals surface area contributed by atoms with Crippen LogP contribution in [-0.2, 0) is 6.54 Å². The zero-order chi connectivity index (χ0) is 13.2. The summed E-state index contributed by atoms with van der Waals surface area (Å²) in [7, 11) is 0. The van der Waals surface area contributed by atoms with Gasteiger partial charge in [-0.3, -0.25) is 0 Å². The van der Waals surface area contributed by atoms with Crippen molar-refractivity contribution in [1.29, 1.82) is 5.26 Å². The number of hydrogen-bond acceptors (Lipinski definition) is 3. The van der Waals surface area contributed by atoms with E-state index in [-0.39, 0.29) is 6.61 Å². The maximum atomic E-state index is 8.40. The van der Waals surface area contributed by atoms with E-state index in [1.165, 1.54) is 18.4 Å². The van der Waals surface area contributed by atoms with Crippen LogP contribution in [0.3, 0.4) is 0 Å². The molecule has 1 rings (SSSR count). The fourth-order valence-corrected chi connectivity index (χ4v) is 1.69. The predicted molar refractivity (Wildman–Crippen MR) is 73.3 cm³/mol. The number of nitrogens with zero attached hydrogens (tertiary/aromatic N) is 1. The number of nitriles is 1. The molecule has 98 valence electrons. The van der Waals surface area contributed by atoms with E-state index in [4.69, 9.17) is 10.00 Å². The molecule has 3 heteroatoms. The van der Waals surface area contributed by atoms with E-state index in [1.54, 1.807) is 0 Å². The van der Waals surface area contributed by atoms with E-state index in [9.17, 15) is 0 Å². The Kier molecular flexibility index (Phi) is 6.90. The predicted octanol–water partition coefficient (Wildman–Crippen LogP) is 3.11. The van der Waals surface area contributed by atoms with Crippen LogP contribution in [0.4, 0.5) is 0 Å². The summed E-state index contributed by atoms with van der Waals surface area (Å²) in [4.78, 5) is 0. The van der Waals surface area contributed by atoms with Gasteiger partial charge in [0.05, 0.1) is 0 Å². The molecule has 0 spiro atoms. The van der Waals surface area contributed by atoms with Crippen molar-refractivity contribution in [2.45, 2.75) is 33.2 Å². The molecule has 0 atom stereocenters. The summed E-state index contributed by atoms with van der Waals surface area (Å²) in [5.74, 6) is 1.53. The molecule has 0 saturated heterocycles. The maximum absolute atomic E-state index is 8.40. The zero-order valence-electron chi connectivity index (χ0n) is 11.3. The van der Waals surface area contributed by atoms with Gasteiger partial charge < -0.3 is 10.1 Å². The smallest absolute Gasteiger partial charge is 0.174 e. The van der Waals surface area contributed by atoms with Crippen LogP contribution in [0.15, 0.2) is 24.3 Å². The molecule has 1 N–H and O–H groups in total. The van der Waals surface area contributed by atoms with Gasteiger partial charge in [0.15, 0.2) is 6.61 Å². The number of hydrogen-bond donors (Lipinski definition) is 1. The summed E-state index contributed by atoms with van der Waals surface area (Å²) in [5, 5.41) is 11.8. The van der Waals surface area contributed by atoms with Gasteiger partial charge in [0, 0.05) is 6.54 Å². The minimum Gasteiger partial charge on any atom is -0.479 e. The van der Waals surface area contributed by atoms with Crippen molar-refractivity contribution in [1.82, 2.24) is 5.32 Å². The fourth-order valence-electron chi connectivity index (χ4n) is 1.69. The van der Waals surface area contributed by atoms with Crippen LogP contribution >= 0.6 is 0 Å². The molecule has 0 aliphatic heterocycles. The number of ether oxygens (including phenoxy) is 1. The average molecular weight is 246 g/mol. The van der Waals surface area contributed by atoms with Crippen molar-refractivity contribution in [3.63, 3.8) is 0 Å². The van der Waals surface area contributed by atoms with Crippen LogP contribution < -0.4 is 10.1 Å². The monoisotopic (exact) mass is 246 g/mol. The van der Waals surface area contributed by atoms with E-state index >= 15 is 0 Å². The minimum atomic E-state index is 0.104. The second-order valence-corrected chi connectivity index (χ2v) is 4.80. The second kappa shape index (κ2) is 8.54. The molecule has 0 amide bonds. The van der Waals surface area contributed by atoms with Gasteiger partial charge in [0.25, 0.3) is 0 Å². The lowest BCUT2D eigenvalue weighted by Gasteiger charge is -2.07. The summed E-state index contributed by atoms with van der Waals surface area (Å²) in [5.41, 5.74) is 1.24. The van der Waals surface area contributed by atoms with Crippen LogP contribution in [0.25, 0.3) is 0 Å². The first kappa shape index (κ1) is 14.5. The molecular formula is C15H22N2O. The maximum Gasteiger partial charge on any atom is 0.174 e. The third-order valence-corrected chi connectivity index (χ3v) is 2.69. The van der Waals surface area contributed by atoms with E-state index in [0.29, 0.717) is 0 Å². The highest BCUT2D eigenvalue weighted by molar-refractivity contribution is 5.27. The molecule has 0 heterocycles. The molecule has 18 heavy (non-hydrogen) atoms. The molecule has 0 aliphatic rings. The number of benzene rings is 1. The largest absolute Gasteiger partial charge is 0.479 e. The molecule has 0 bridgehead atoms. The summed E-state index contributed by atoms with van der Waals surface area (Å²) in [6.07, 6.45) is 2.50. The van der Waals surface area contributed by atoms with E-state index in [0.717, 1.165) is 24.8 Å². The van der Waals surface area contributed by atoms with Gasteiger partial charge in [-0.05, 0) is 43.0 Å². The molecule has 0 aromatic heterocycles. The van der Waals surface area contributed by atoms with Crippen LogP contribution in [0.2, 0.25) is 0 Å². The van der Waals surface area contributed by atoms with Crippen LogP contribution in [0.5, 0.6) is 5.75 Å². The third kappa shape index (κ3) is 6.27. The molecule has 0 aliphatic carbocycles. The first-order chi connectivity index (χ1) is 8.72. The molecule has 0 saturated carbocycles. The normalized spacial score (nSPS) is 10.3. The van der Waals surface area contributed by atoms with E-state index in [1.807, 2.05) is 30.3 Å². The molecule has 0 fully saturated rings. The molecule has 3 nitrogen and oxygen atoms in total. The van der Waals surface area contributed by atoms with Gasteiger partial charge in [0.1, 0.15) is 11.8 Å². The van der Waals surface area contributed by atoms with Crippen molar-refractivity contribution in [2.24, 2.45) is 5.92 Å². The van der Waals surface area contributed by atoms with Crippen molar-refractivity contribution >= 4 is 0 Å². The average Bonchev–Trinajstić information content (AvgIpc) is 2.37. The van der Waals surface area contributed by atoms with Crippen LogP contribution in [-0.4, -0.2) is 13.2 Å². The van der Waals surface area contributed by atoms with Gasteiger partial charge >= 0.3 is 0 Å². The SMILES string of the molecule is CC(C)CCCNCc1ccc(OCC#N)cc1. The number of nitrogens with one attached hydrogen (secondary N) is 1. The lowest BCUT2D eigenvalue weighted by molar-refractivity contribution is 0.368. The zero-order valence-corrected chi connectivity index (χ0v) is 11.3. The van der Waals surface area contributed by atoms with Crippen molar-refractivity contribution < 1.29 is 4.74 Å².